The summed E-state index contributed by atoms with van der Waals surface area (Å²) in [5.74, 6) is 0.593. The lowest BCUT2D eigenvalue weighted by Crippen LogP contribution is -2.31. The Hall–Kier alpha value is -0.0800. The molecule has 2 bridgehead atoms. The van der Waals surface area contributed by atoms with Gasteiger partial charge in [0, 0.05) is 18.7 Å². The van der Waals surface area contributed by atoms with Crippen molar-refractivity contribution in [2.45, 2.75) is 44.7 Å². The van der Waals surface area contributed by atoms with E-state index in [4.69, 9.17) is 5.11 Å². The Morgan fingerprint density at radius 2 is 2.25 bits per heavy atom. The second kappa shape index (κ2) is 3.35. The average molecular weight is 169 g/mol. The Balaban J connectivity index is 1.99. The van der Waals surface area contributed by atoms with Crippen LogP contribution in [0.4, 0.5) is 0 Å². The van der Waals surface area contributed by atoms with Crippen LogP contribution in [0.1, 0.15) is 32.6 Å². The highest BCUT2D eigenvalue weighted by molar-refractivity contribution is 4.99. The Labute approximate surface area is 74.6 Å². The maximum absolute atomic E-state index is 9.15. The highest BCUT2D eigenvalue weighted by atomic mass is 16.3. The highest BCUT2D eigenvalue weighted by Gasteiger charge is 2.44. The fraction of sp³-hybridized carbons (Fsp3) is 1.00. The van der Waals surface area contributed by atoms with Crippen molar-refractivity contribution in [2.24, 2.45) is 5.92 Å². The van der Waals surface area contributed by atoms with Gasteiger partial charge in [0.05, 0.1) is 0 Å². The van der Waals surface area contributed by atoms with Gasteiger partial charge >= 0.3 is 0 Å². The van der Waals surface area contributed by atoms with Crippen LogP contribution in [-0.2, 0) is 0 Å². The van der Waals surface area contributed by atoms with E-state index in [1.165, 1.54) is 32.2 Å². The summed E-state index contributed by atoms with van der Waals surface area (Å²) in [5, 5.41) is 9.15. The Bertz CT molecular complexity index is 160. The molecule has 12 heavy (non-hydrogen) atoms. The molecule has 2 nitrogen and oxygen atoms in total. The van der Waals surface area contributed by atoms with Crippen molar-refractivity contribution in [3.63, 3.8) is 0 Å². The summed E-state index contributed by atoms with van der Waals surface area (Å²) in [6, 6.07) is 1.53. The van der Waals surface area contributed by atoms with Crippen LogP contribution in [0.15, 0.2) is 0 Å². The lowest BCUT2D eigenvalue weighted by molar-refractivity contribution is 0.175. The van der Waals surface area contributed by atoms with Gasteiger partial charge in [-0.15, -0.1) is 0 Å². The summed E-state index contributed by atoms with van der Waals surface area (Å²) in [7, 11) is 0. The SMILES string of the molecule is CCCN1C2CCC1C(CO)C2. The molecule has 2 saturated heterocycles. The molecule has 3 unspecified atom stereocenters. The molecular formula is C10H19NO. The molecule has 2 heterocycles. The van der Waals surface area contributed by atoms with Crippen molar-refractivity contribution in [1.82, 2.24) is 4.90 Å². The van der Waals surface area contributed by atoms with E-state index < -0.39 is 0 Å². The number of rotatable bonds is 3. The van der Waals surface area contributed by atoms with E-state index in [0.717, 1.165) is 12.1 Å². The fourth-order valence-corrected chi connectivity index (χ4v) is 3.03. The number of hydrogen-bond donors (Lipinski definition) is 1. The second-order valence-corrected chi connectivity index (χ2v) is 4.21. The molecule has 2 fully saturated rings. The standard InChI is InChI=1S/C10H19NO/c1-2-5-11-9-3-4-10(11)8(6-9)7-12/h8-10,12H,2-7H2,1H3. The normalized spacial score (nSPS) is 41.0. The van der Waals surface area contributed by atoms with Gasteiger partial charge in [-0.25, -0.2) is 0 Å². The maximum Gasteiger partial charge on any atom is 0.0474 e. The first-order valence-electron chi connectivity index (χ1n) is 5.23. The topological polar surface area (TPSA) is 23.5 Å². The zero-order chi connectivity index (χ0) is 8.55. The van der Waals surface area contributed by atoms with E-state index in [2.05, 4.69) is 11.8 Å². The van der Waals surface area contributed by atoms with Crippen LogP contribution in [0.2, 0.25) is 0 Å². The van der Waals surface area contributed by atoms with Gasteiger partial charge in [0.15, 0.2) is 0 Å². The minimum absolute atomic E-state index is 0.404. The third-order valence-electron chi connectivity index (χ3n) is 3.53. The van der Waals surface area contributed by atoms with Gasteiger partial charge in [-0.05, 0) is 38.1 Å². The van der Waals surface area contributed by atoms with Crippen LogP contribution in [0.25, 0.3) is 0 Å². The first-order chi connectivity index (χ1) is 5.86. The van der Waals surface area contributed by atoms with E-state index in [1.807, 2.05) is 0 Å². The van der Waals surface area contributed by atoms with Gasteiger partial charge in [0.2, 0.25) is 0 Å². The first-order valence-corrected chi connectivity index (χ1v) is 5.23. The van der Waals surface area contributed by atoms with Crippen molar-refractivity contribution < 1.29 is 5.11 Å². The van der Waals surface area contributed by atoms with Crippen LogP contribution >= 0.6 is 0 Å². The highest BCUT2D eigenvalue weighted by Crippen LogP contribution is 2.41. The smallest absolute Gasteiger partial charge is 0.0474 e. The third kappa shape index (κ3) is 1.17. The first kappa shape index (κ1) is 8.52. The molecule has 1 N–H and O–H groups in total. The molecule has 0 aromatic heterocycles. The third-order valence-corrected chi connectivity index (χ3v) is 3.53. The van der Waals surface area contributed by atoms with Gasteiger partial charge < -0.3 is 5.11 Å². The van der Waals surface area contributed by atoms with E-state index >= 15 is 0 Å². The van der Waals surface area contributed by atoms with Crippen molar-refractivity contribution in [1.29, 1.82) is 0 Å². The van der Waals surface area contributed by atoms with E-state index in [-0.39, 0.29) is 0 Å². The number of nitrogens with zero attached hydrogens (tertiary/aromatic N) is 1. The molecule has 2 heteroatoms. The Morgan fingerprint density at radius 3 is 2.83 bits per heavy atom. The lowest BCUT2D eigenvalue weighted by Gasteiger charge is -2.22. The van der Waals surface area contributed by atoms with Crippen molar-refractivity contribution in [3.05, 3.63) is 0 Å². The summed E-state index contributed by atoms with van der Waals surface area (Å²) in [4.78, 5) is 2.63. The van der Waals surface area contributed by atoms with Crippen molar-refractivity contribution in [3.8, 4) is 0 Å². The van der Waals surface area contributed by atoms with Gasteiger partial charge in [-0.2, -0.15) is 0 Å². The van der Waals surface area contributed by atoms with Crippen molar-refractivity contribution in [2.75, 3.05) is 13.2 Å². The van der Waals surface area contributed by atoms with E-state index in [9.17, 15) is 0 Å². The summed E-state index contributed by atoms with van der Waals surface area (Å²) in [5.41, 5.74) is 0. The molecule has 0 amide bonds. The number of aliphatic hydroxyl groups is 1. The molecule has 3 atom stereocenters. The molecule has 2 rings (SSSR count). The fourth-order valence-electron chi connectivity index (χ4n) is 3.03. The molecule has 2 aliphatic heterocycles. The average Bonchev–Trinajstić information content (AvgIpc) is 2.63. The van der Waals surface area contributed by atoms with Crippen LogP contribution in [0.3, 0.4) is 0 Å². The molecule has 2 aliphatic rings. The Kier molecular flexibility index (Phi) is 2.37. The number of hydrogen-bond acceptors (Lipinski definition) is 2. The zero-order valence-electron chi connectivity index (χ0n) is 7.87. The molecule has 0 aromatic rings. The molecule has 70 valence electrons. The monoisotopic (exact) mass is 169 g/mol. The molecular weight excluding hydrogens is 150 g/mol. The van der Waals surface area contributed by atoms with Crippen LogP contribution in [0, 0.1) is 5.92 Å². The molecule has 0 aliphatic carbocycles. The van der Waals surface area contributed by atoms with Crippen LogP contribution in [-0.4, -0.2) is 35.2 Å². The summed E-state index contributed by atoms with van der Waals surface area (Å²) >= 11 is 0. The van der Waals surface area contributed by atoms with Gasteiger partial charge in [-0.3, -0.25) is 4.90 Å². The van der Waals surface area contributed by atoms with Gasteiger partial charge in [0.1, 0.15) is 0 Å². The van der Waals surface area contributed by atoms with E-state index in [0.29, 0.717) is 12.5 Å². The number of fused-ring (bicyclic) bond motifs is 2. The van der Waals surface area contributed by atoms with Crippen LogP contribution < -0.4 is 0 Å². The predicted octanol–water partition coefficient (Wildman–Crippen LogP) is 1.24. The van der Waals surface area contributed by atoms with Crippen LogP contribution in [0.5, 0.6) is 0 Å². The minimum atomic E-state index is 0.404. The number of aliphatic hydroxyl groups excluding tert-OH is 1. The summed E-state index contributed by atoms with van der Waals surface area (Å²) < 4.78 is 0. The minimum Gasteiger partial charge on any atom is -0.396 e. The largest absolute Gasteiger partial charge is 0.396 e. The molecule has 0 saturated carbocycles. The predicted molar refractivity (Wildman–Crippen MR) is 49.0 cm³/mol. The maximum atomic E-state index is 9.15. The van der Waals surface area contributed by atoms with Gasteiger partial charge in [0.25, 0.3) is 0 Å². The van der Waals surface area contributed by atoms with Gasteiger partial charge in [-0.1, -0.05) is 6.92 Å². The summed E-state index contributed by atoms with van der Waals surface area (Å²) in [6.07, 6.45) is 5.21. The Morgan fingerprint density at radius 1 is 1.42 bits per heavy atom. The lowest BCUT2D eigenvalue weighted by atomic mass is 9.90. The molecule has 0 aromatic carbocycles. The molecule has 0 spiro atoms. The summed E-state index contributed by atoms with van der Waals surface area (Å²) in [6.45, 7) is 3.89. The van der Waals surface area contributed by atoms with Crippen molar-refractivity contribution >= 4 is 0 Å². The molecule has 0 radical (unpaired) electrons. The van der Waals surface area contributed by atoms with E-state index in [1.54, 1.807) is 0 Å². The zero-order valence-corrected chi connectivity index (χ0v) is 7.87. The quantitative estimate of drug-likeness (QED) is 0.687. The second-order valence-electron chi connectivity index (χ2n) is 4.21.